The summed E-state index contributed by atoms with van der Waals surface area (Å²) in [5, 5.41) is 12.9. The molecule has 6 rings (SSSR count). The van der Waals surface area contributed by atoms with Gasteiger partial charge in [-0.15, -0.1) is 0 Å². The van der Waals surface area contributed by atoms with E-state index in [0.717, 1.165) is 5.56 Å². The topological polar surface area (TPSA) is 79.7 Å². The molecule has 7 nitrogen and oxygen atoms in total. The van der Waals surface area contributed by atoms with Crippen LogP contribution in [0.15, 0.2) is 49.4 Å². The zero-order chi connectivity index (χ0) is 25.2. The molecule has 184 valence electrons. The molecule has 4 heterocycles. The second-order valence-corrected chi connectivity index (χ2v) is 10.1. The first-order valence-electron chi connectivity index (χ1n) is 11.7. The van der Waals surface area contributed by atoms with Gasteiger partial charge in [0, 0.05) is 53.0 Å². The summed E-state index contributed by atoms with van der Waals surface area (Å²) in [5.41, 5.74) is 3.06. The third kappa shape index (κ3) is 3.37. The summed E-state index contributed by atoms with van der Waals surface area (Å²) in [7, 11) is 0. The third-order valence-corrected chi connectivity index (χ3v) is 7.91. The Hall–Kier alpha value is -3.59. The highest BCUT2D eigenvalue weighted by Crippen LogP contribution is 2.56. The summed E-state index contributed by atoms with van der Waals surface area (Å²) in [4.78, 5) is 17.8. The standard InChI is InChI=1S/C26H23ClF2N6O/c1-3-19(36)34-12-26(13-34)8-16(9-26)35-24(25(28)29)21(23(33-35)15-5-4-6-30-10-15)20-17-11-31-32-18(17)7-14(2)22(20)27/h3-7,10-11,16,25H,1,8-9,12-13H2,2H3,(H,31,32). The highest BCUT2D eigenvalue weighted by atomic mass is 35.5. The highest BCUT2D eigenvalue weighted by Gasteiger charge is 2.55. The number of hydrogen-bond acceptors (Lipinski definition) is 4. The van der Waals surface area contributed by atoms with Crippen LogP contribution in [0, 0.1) is 12.3 Å². The first-order valence-corrected chi connectivity index (χ1v) is 12.0. The van der Waals surface area contributed by atoms with Crippen molar-refractivity contribution >= 4 is 28.4 Å². The van der Waals surface area contributed by atoms with Gasteiger partial charge in [-0.05, 0) is 49.6 Å². The fraction of sp³-hybridized carbons (Fsp3) is 0.308. The third-order valence-electron chi connectivity index (χ3n) is 7.43. The van der Waals surface area contributed by atoms with E-state index >= 15 is 0 Å². The quantitative estimate of drug-likeness (QED) is 0.349. The number of alkyl halides is 2. The van der Waals surface area contributed by atoms with Crippen LogP contribution >= 0.6 is 11.6 Å². The van der Waals surface area contributed by atoms with Crippen molar-refractivity contribution in [3.63, 3.8) is 0 Å². The van der Waals surface area contributed by atoms with Crippen LogP contribution in [0.3, 0.4) is 0 Å². The maximum Gasteiger partial charge on any atom is 0.280 e. The molecule has 1 spiro atoms. The van der Waals surface area contributed by atoms with Crippen molar-refractivity contribution in [1.29, 1.82) is 0 Å². The lowest BCUT2D eigenvalue weighted by Crippen LogP contribution is -2.63. The van der Waals surface area contributed by atoms with Crippen LogP contribution in [-0.2, 0) is 4.79 Å². The lowest BCUT2D eigenvalue weighted by molar-refractivity contribution is -0.149. The Balaban J connectivity index is 1.50. The van der Waals surface area contributed by atoms with Crippen molar-refractivity contribution < 1.29 is 13.6 Å². The van der Waals surface area contributed by atoms with Gasteiger partial charge < -0.3 is 4.90 Å². The van der Waals surface area contributed by atoms with E-state index in [1.54, 1.807) is 29.6 Å². The molecule has 2 aliphatic rings. The van der Waals surface area contributed by atoms with Crippen molar-refractivity contribution in [2.45, 2.75) is 32.2 Å². The summed E-state index contributed by atoms with van der Waals surface area (Å²) >= 11 is 6.79. The molecule has 1 aliphatic carbocycles. The van der Waals surface area contributed by atoms with Crippen LogP contribution in [0.25, 0.3) is 33.3 Å². The van der Waals surface area contributed by atoms with Gasteiger partial charge in [-0.25, -0.2) is 8.78 Å². The van der Waals surface area contributed by atoms with Gasteiger partial charge in [0.05, 0.1) is 22.8 Å². The van der Waals surface area contributed by atoms with Crippen LogP contribution in [0.4, 0.5) is 8.78 Å². The van der Waals surface area contributed by atoms with E-state index in [9.17, 15) is 13.6 Å². The summed E-state index contributed by atoms with van der Waals surface area (Å²) in [6.07, 6.45) is 4.72. The molecule has 0 unspecified atom stereocenters. The number of nitrogens with zero attached hydrogens (tertiary/aromatic N) is 5. The largest absolute Gasteiger partial charge is 0.338 e. The Kier molecular flexibility index (Phi) is 5.22. The molecule has 3 aromatic heterocycles. The molecule has 0 radical (unpaired) electrons. The van der Waals surface area contributed by atoms with E-state index in [1.165, 1.54) is 10.8 Å². The number of benzene rings is 1. The summed E-state index contributed by atoms with van der Waals surface area (Å²) < 4.78 is 31.2. The summed E-state index contributed by atoms with van der Waals surface area (Å²) in [5.74, 6) is -0.101. The Morgan fingerprint density at radius 2 is 2.08 bits per heavy atom. The molecule has 2 fully saturated rings. The number of likely N-dealkylation sites (tertiary alicyclic amines) is 1. The molecule has 10 heteroatoms. The van der Waals surface area contributed by atoms with Crippen LogP contribution in [0.5, 0.6) is 0 Å². The van der Waals surface area contributed by atoms with Crippen molar-refractivity contribution in [3.05, 3.63) is 65.7 Å². The molecular formula is C26H23ClF2N6O. The molecule has 36 heavy (non-hydrogen) atoms. The van der Waals surface area contributed by atoms with Crippen molar-refractivity contribution in [2.75, 3.05) is 13.1 Å². The number of aryl methyl sites for hydroxylation is 1. The number of aromatic nitrogens is 5. The first-order chi connectivity index (χ1) is 17.3. The monoisotopic (exact) mass is 508 g/mol. The minimum atomic E-state index is -2.78. The second-order valence-electron chi connectivity index (χ2n) is 9.77. The number of nitrogens with one attached hydrogen (secondary N) is 1. The number of aromatic amines is 1. The number of halogens is 3. The zero-order valence-electron chi connectivity index (χ0n) is 19.5. The van der Waals surface area contributed by atoms with E-state index in [0.29, 0.717) is 64.2 Å². The molecular weight excluding hydrogens is 486 g/mol. The Labute approximate surface area is 210 Å². The number of rotatable bonds is 5. The number of H-pyrrole nitrogens is 1. The predicted octanol–water partition coefficient (Wildman–Crippen LogP) is 5.74. The number of amides is 1. The molecule has 0 bridgehead atoms. The molecule has 0 atom stereocenters. The van der Waals surface area contributed by atoms with Gasteiger partial charge >= 0.3 is 0 Å². The first kappa shape index (κ1) is 22.8. The van der Waals surface area contributed by atoms with E-state index in [-0.39, 0.29) is 23.1 Å². The maximum absolute atomic E-state index is 14.9. The average molecular weight is 509 g/mol. The number of hydrogen-bond donors (Lipinski definition) is 1. The van der Waals surface area contributed by atoms with E-state index in [4.69, 9.17) is 16.7 Å². The fourth-order valence-corrected chi connectivity index (χ4v) is 6.00. The Morgan fingerprint density at radius 1 is 1.31 bits per heavy atom. The number of pyridine rings is 1. The van der Waals surface area contributed by atoms with E-state index in [1.807, 2.05) is 19.1 Å². The van der Waals surface area contributed by atoms with Crippen LogP contribution < -0.4 is 0 Å². The maximum atomic E-state index is 14.9. The van der Waals surface area contributed by atoms with Gasteiger partial charge in [-0.1, -0.05) is 18.2 Å². The van der Waals surface area contributed by atoms with Gasteiger partial charge in [-0.2, -0.15) is 10.2 Å². The minimum absolute atomic E-state index is 0.0535. The molecule has 1 N–H and O–H groups in total. The lowest BCUT2D eigenvalue weighted by Gasteiger charge is -2.58. The van der Waals surface area contributed by atoms with Gasteiger partial charge in [0.2, 0.25) is 5.91 Å². The van der Waals surface area contributed by atoms with E-state index in [2.05, 4.69) is 21.8 Å². The molecule has 4 aromatic rings. The van der Waals surface area contributed by atoms with Gasteiger partial charge in [0.15, 0.2) is 0 Å². The highest BCUT2D eigenvalue weighted by molar-refractivity contribution is 6.36. The van der Waals surface area contributed by atoms with Gasteiger partial charge in [0.1, 0.15) is 11.4 Å². The fourth-order valence-electron chi connectivity index (χ4n) is 5.75. The molecule has 1 saturated heterocycles. The van der Waals surface area contributed by atoms with Crippen LogP contribution in [0.2, 0.25) is 5.02 Å². The molecule has 1 amide bonds. The molecule has 1 aromatic carbocycles. The second kappa shape index (κ2) is 8.23. The molecule has 1 saturated carbocycles. The average Bonchev–Trinajstić information content (AvgIpc) is 3.43. The Bertz CT molecular complexity index is 1500. The zero-order valence-corrected chi connectivity index (χ0v) is 20.3. The number of carbonyl (C=O) groups is 1. The normalized spacial score (nSPS) is 17.0. The predicted molar refractivity (Wildman–Crippen MR) is 133 cm³/mol. The van der Waals surface area contributed by atoms with Crippen LogP contribution in [-0.4, -0.2) is 48.9 Å². The smallest absolute Gasteiger partial charge is 0.280 e. The number of carbonyl (C=O) groups excluding carboxylic acids is 1. The van der Waals surface area contributed by atoms with Crippen molar-refractivity contribution in [1.82, 2.24) is 29.9 Å². The van der Waals surface area contributed by atoms with E-state index < -0.39 is 6.43 Å². The minimum Gasteiger partial charge on any atom is -0.338 e. The van der Waals surface area contributed by atoms with Crippen LogP contribution in [0.1, 0.15) is 36.6 Å². The molecule has 1 aliphatic heterocycles. The van der Waals surface area contributed by atoms with Gasteiger partial charge in [-0.3, -0.25) is 19.6 Å². The van der Waals surface area contributed by atoms with Crippen molar-refractivity contribution in [3.8, 4) is 22.4 Å². The van der Waals surface area contributed by atoms with Crippen molar-refractivity contribution in [2.24, 2.45) is 5.41 Å². The van der Waals surface area contributed by atoms with Gasteiger partial charge in [0.25, 0.3) is 6.43 Å². The SMILES string of the molecule is C=CC(=O)N1CC2(CC(n3nc(-c4cccnc4)c(-c4c(Cl)c(C)cc5[nH]ncc45)c3C(F)F)C2)C1. The lowest BCUT2D eigenvalue weighted by atomic mass is 9.60. The summed E-state index contributed by atoms with van der Waals surface area (Å²) in [6.45, 7) is 6.60. The Morgan fingerprint density at radius 3 is 2.75 bits per heavy atom. The summed E-state index contributed by atoms with van der Waals surface area (Å²) in [6, 6.07) is 5.21. The number of fused-ring (bicyclic) bond motifs is 1.